The van der Waals surface area contributed by atoms with Crippen molar-refractivity contribution in [3.63, 3.8) is 0 Å². The number of hydrogen-bond acceptors (Lipinski definition) is 5. The first kappa shape index (κ1) is 20.3. The minimum atomic E-state index is -0.326. The van der Waals surface area contributed by atoms with Crippen molar-refractivity contribution in [2.45, 2.75) is 13.5 Å². The van der Waals surface area contributed by atoms with E-state index in [1.807, 2.05) is 6.92 Å². The van der Waals surface area contributed by atoms with Crippen LogP contribution < -0.4 is 20.3 Å². The molecule has 29 heavy (non-hydrogen) atoms. The van der Waals surface area contributed by atoms with E-state index in [4.69, 9.17) is 21.7 Å². The molecule has 2 N–H and O–H groups in total. The number of aromatic nitrogens is 2. The SMILES string of the molecule is C=CCn1c(=S)[nH]c2cc(C(=O)Nc3ccc(OCC)c(OC)c3)ccc2c1=O. The molecule has 0 aliphatic rings. The number of methoxy groups -OCH3 is 1. The van der Waals surface area contributed by atoms with Crippen LogP contribution in [0.2, 0.25) is 0 Å². The van der Waals surface area contributed by atoms with Gasteiger partial charge in [0, 0.05) is 23.9 Å². The molecule has 0 unspecified atom stereocenters. The fraction of sp³-hybridized carbons (Fsp3) is 0.190. The third kappa shape index (κ3) is 4.22. The highest BCUT2D eigenvalue weighted by molar-refractivity contribution is 7.71. The van der Waals surface area contributed by atoms with Crippen molar-refractivity contribution in [2.24, 2.45) is 0 Å². The second-order valence-corrected chi connectivity index (χ2v) is 6.53. The summed E-state index contributed by atoms with van der Waals surface area (Å²) in [5.74, 6) is 0.796. The van der Waals surface area contributed by atoms with Gasteiger partial charge in [0.05, 0.1) is 24.6 Å². The Hall–Kier alpha value is -3.39. The first-order valence-electron chi connectivity index (χ1n) is 8.98. The van der Waals surface area contributed by atoms with Crippen LogP contribution in [0, 0.1) is 4.77 Å². The lowest BCUT2D eigenvalue weighted by atomic mass is 10.1. The Kier molecular flexibility index (Phi) is 6.13. The van der Waals surface area contributed by atoms with Crippen LogP contribution in [0.4, 0.5) is 5.69 Å². The number of H-pyrrole nitrogens is 1. The third-order valence-corrected chi connectivity index (χ3v) is 4.60. The summed E-state index contributed by atoms with van der Waals surface area (Å²) in [6.45, 7) is 6.34. The molecule has 150 valence electrons. The molecule has 7 nitrogen and oxygen atoms in total. The minimum absolute atomic E-state index is 0.230. The van der Waals surface area contributed by atoms with E-state index in [-0.39, 0.29) is 16.2 Å². The van der Waals surface area contributed by atoms with Crippen molar-refractivity contribution < 1.29 is 14.3 Å². The average molecular weight is 411 g/mol. The second-order valence-electron chi connectivity index (χ2n) is 6.15. The molecule has 0 fully saturated rings. The fourth-order valence-corrected chi connectivity index (χ4v) is 3.18. The first-order valence-corrected chi connectivity index (χ1v) is 9.39. The van der Waals surface area contributed by atoms with Gasteiger partial charge in [-0.25, -0.2) is 0 Å². The van der Waals surface area contributed by atoms with Gasteiger partial charge in [0.2, 0.25) is 0 Å². The Morgan fingerprint density at radius 2 is 2.07 bits per heavy atom. The van der Waals surface area contributed by atoms with Crippen molar-refractivity contribution >= 4 is 34.7 Å². The fourth-order valence-electron chi connectivity index (χ4n) is 2.91. The number of allylic oxidation sites excluding steroid dienone is 1. The third-order valence-electron chi connectivity index (χ3n) is 4.28. The van der Waals surface area contributed by atoms with Crippen molar-refractivity contribution in [2.75, 3.05) is 19.0 Å². The highest BCUT2D eigenvalue weighted by atomic mass is 32.1. The average Bonchev–Trinajstić information content (AvgIpc) is 2.71. The van der Waals surface area contributed by atoms with Gasteiger partial charge >= 0.3 is 0 Å². The first-order chi connectivity index (χ1) is 14.0. The Labute approximate surface area is 172 Å². The largest absolute Gasteiger partial charge is 0.493 e. The molecule has 0 spiro atoms. The van der Waals surface area contributed by atoms with E-state index < -0.39 is 0 Å². The molecule has 1 amide bonds. The maximum absolute atomic E-state index is 12.7. The Morgan fingerprint density at radius 1 is 1.28 bits per heavy atom. The number of fused-ring (bicyclic) bond motifs is 1. The van der Waals surface area contributed by atoms with Gasteiger partial charge in [-0.05, 0) is 49.5 Å². The van der Waals surface area contributed by atoms with E-state index in [1.54, 1.807) is 42.5 Å². The summed E-state index contributed by atoms with van der Waals surface area (Å²) in [6, 6.07) is 9.96. The highest BCUT2D eigenvalue weighted by Gasteiger charge is 2.12. The highest BCUT2D eigenvalue weighted by Crippen LogP contribution is 2.30. The van der Waals surface area contributed by atoms with E-state index in [2.05, 4.69) is 16.9 Å². The number of aromatic amines is 1. The number of rotatable bonds is 7. The number of carbonyl (C=O) groups excluding carboxylic acids is 1. The number of nitrogens with one attached hydrogen (secondary N) is 2. The van der Waals surface area contributed by atoms with Gasteiger partial charge in [-0.1, -0.05) is 6.08 Å². The van der Waals surface area contributed by atoms with Gasteiger partial charge in [0.1, 0.15) is 0 Å². The predicted molar refractivity (Wildman–Crippen MR) is 116 cm³/mol. The lowest BCUT2D eigenvalue weighted by molar-refractivity contribution is 0.102. The Morgan fingerprint density at radius 3 is 2.76 bits per heavy atom. The lowest BCUT2D eigenvalue weighted by Crippen LogP contribution is -2.22. The zero-order chi connectivity index (χ0) is 21.0. The normalized spacial score (nSPS) is 10.6. The van der Waals surface area contributed by atoms with Gasteiger partial charge < -0.3 is 19.8 Å². The molecular weight excluding hydrogens is 390 g/mol. The summed E-state index contributed by atoms with van der Waals surface area (Å²) in [5.41, 5.74) is 1.21. The molecule has 0 saturated carbocycles. The van der Waals surface area contributed by atoms with Crippen LogP contribution >= 0.6 is 12.2 Å². The van der Waals surface area contributed by atoms with E-state index in [1.165, 1.54) is 11.7 Å². The number of carbonyl (C=O) groups is 1. The van der Waals surface area contributed by atoms with Crippen molar-refractivity contribution in [3.05, 3.63) is 69.7 Å². The smallest absolute Gasteiger partial charge is 0.262 e. The molecular formula is C21H21N3O4S. The number of ether oxygens (including phenoxy) is 2. The monoisotopic (exact) mass is 411 g/mol. The van der Waals surface area contributed by atoms with E-state index in [0.717, 1.165) is 0 Å². The quantitative estimate of drug-likeness (QED) is 0.455. The number of hydrogen-bond donors (Lipinski definition) is 2. The van der Waals surface area contributed by atoms with Crippen LogP contribution in [0.25, 0.3) is 10.9 Å². The Bertz CT molecular complexity index is 1200. The summed E-state index contributed by atoms with van der Waals surface area (Å²) in [7, 11) is 1.54. The van der Waals surface area contributed by atoms with Crippen LogP contribution in [0.5, 0.6) is 11.5 Å². The lowest BCUT2D eigenvalue weighted by Gasteiger charge is -2.12. The summed E-state index contributed by atoms with van der Waals surface area (Å²) >= 11 is 5.24. The van der Waals surface area contributed by atoms with Crippen LogP contribution in [0.15, 0.2) is 53.8 Å². The van der Waals surface area contributed by atoms with E-state index in [9.17, 15) is 9.59 Å². The second kappa shape index (κ2) is 8.74. The van der Waals surface area contributed by atoms with Gasteiger partial charge in [-0.2, -0.15) is 0 Å². The summed E-state index contributed by atoms with van der Waals surface area (Å²) in [6.07, 6.45) is 1.60. The maximum Gasteiger partial charge on any atom is 0.262 e. The van der Waals surface area contributed by atoms with E-state index >= 15 is 0 Å². The topological polar surface area (TPSA) is 85.3 Å². The van der Waals surface area contributed by atoms with Crippen LogP contribution in [-0.4, -0.2) is 29.2 Å². The summed E-state index contributed by atoms with van der Waals surface area (Å²) in [4.78, 5) is 28.3. The summed E-state index contributed by atoms with van der Waals surface area (Å²) in [5, 5.41) is 3.26. The van der Waals surface area contributed by atoms with Crippen LogP contribution in [0.3, 0.4) is 0 Å². The molecule has 3 aromatic rings. The number of benzene rings is 2. The van der Waals surface area contributed by atoms with E-state index in [0.29, 0.717) is 46.8 Å². The van der Waals surface area contributed by atoms with Crippen LogP contribution in [0.1, 0.15) is 17.3 Å². The van der Waals surface area contributed by atoms with Crippen molar-refractivity contribution in [1.29, 1.82) is 0 Å². The van der Waals surface area contributed by atoms with Gasteiger partial charge in [-0.15, -0.1) is 6.58 Å². The van der Waals surface area contributed by atoms with Gasteiger partial charge in [-0.3, -0.25) is 14.2 Å². The molecule has 0 bridgehead atoms. The zero-order valence-electron chi connectivity index (χ0n) is 16.2. The maximum atomic E-state index is 12.7. The molecule has 8 heteroatoms. The number of amides is 1. The minimum Gasteiger partial charge on any atom is -0.493 e. The zero-order valence-corrected chi connectivity index (χ0v) is 17.0. The Balaban J connectivity index is 1.92. The standard InChI is InChI=1S/C21H21N3O4S/c1-4-10-24-20(26)15-8-6-13(11-16(15)23-21(24)29)19(25)22-14-7-9-17(28-5-2)18(12-14)27-3/h4,6-9,11-12H,1,5,10H2,2-3H3,(H,22,25)(H,23,29). The predicted octanol–water partition coefficient (Wildman–Crippen LogP) is 3.90. The number of nitrogens with zero attached hydrogens (tertiary/aromatic N) is 1. The molecule has 0 aliphatic heterocycles. The molecule has 0 radical (unpaired) electrons. The molecule has 3 rings (SSSR count). The van der Waals surface area contributed by atoms with Crippen molar-refractivity contribution in [3.8, 4) is 11.5 Å². The molecule has 0 aliphatic carbocycles. The molecule has 0 atom stereocenters. The molecule has 1 aromatic heterocycles. The van der Waals surface area contributed by atoms with Gasteiger partial charge in [0.25, 0.3) is 11.5 Å². The number of anilines is 1. The summed E-state index contributed by atoms with van der Waals surface area (Å²) < 4.78 is 12.5. The molecule has 0 saturated heterocycles. The van der Waals surface area contributed by atoms with Crippen LogP contribution in [-0.2, 0) is 6.54 Å². The molecule has 2 aromatic carbocycles. The van der Waals surface area contributed by atoms with Crippen molar-refractivity contribution in [1.82, 2.24) is 9.55 Å². The molecule has 1 heterocycles. The van der Waals surface area contributed by atoms with Gasteiger partial charge in [0.15, 0.2) is 16.3 Å².